The van der Waals surface area contributed by atoms with Crippen molar-refractivity contribution in [3.63, 3.8) is 0 Å². The van der Waals surface area contributed by atoms with Gasteiger partial charge in [0.05, 0.1) is 0 Å². The summed E-state index contributed by atoms with van der Waals surface area (Å²) in [7, 11) is -3.49. The van der Waals surface area contributed by atoms with Crippen LogP contribution >= 0.6 is 0 Å². The van der Waals surface area contributed by atoms with E-state index in [2.05, 4.69) is 0 Å². The standard InChI is InChI=1S/C22H25N2O5S/c1-2-12-30(25,26)24(11-3-4-17(14-23)15-24)18-5-7-19(8-6-18)29-20-9-10-21-22(13-20)28-16-27-21/h3-10,13,15H,2,11-12,14,16,23H2,1H3/q+1. The SMILES string of the molecule is CCCS(=O)(=O)[N+]1(c2ccc(Oc3ccc4c(c3)OCO4)cc2)C=C(CN)C=CC1. The lowest BCUT2D eigenvalue weighted by atomic mass is 10.2. The Balaban J connectivity index is 1.65. The third-order valence-corrected chi connectivity index (χ3v) is 7.51. The molecule has 158 valence electrons. The first-order valence-electron chi connectivity index (χ1n) is 9.84. The van der Waals surface area contributed by atoms with Crippen molar-refractivity contribution in [3.8, 4) is 23.0 Å². The number of nitrogens with two attached hydrogens (primary N) is 1. The monoisotopic (exact) mass is 429 g/mol. The van der Waals surface area contributed by atoms with Crippen LogP contribution in [0.25, 0.3) is 0 Å². The van der Waals surface area contributed by atoms with Crippen molar-refractivity contribution in [2.75, 3.05) is 25.6 Å². The van der Waals surface area contributed by atoms with Crippen molar-refractivity contribution in [1.82, 2.24) is 3.89 Å². The summed E-state index contributed by atoms with van der Waals surface area (Å²) in [5, 5.41) is 0. The summed E-state index contributed by atoms with van der Waals surface area (Å²) in [6, 6.07) is 12.5. The lowest BCUT2D eigenvalue weighted by Crippen LogP contribution is -2.52. The molecule has 0 saturated heterocycles. The molecule has 0 radical (unpaired) electrons. The van der Waals surface area contributed by atoms with Crippen LogP contribution in [0.1, 0.15) is 13.3 Å². The maximum absolute atomic E-state index is 13.2. The summed E-state index contributed by atoms with van der Waals surface area (Å²) < 4.78 is 42.8. The van der Waals surface area contributed by atoms with Crippen LogP contribution in [0.5, 0.6) is 23.0 Å². The first kappa shape index (κ1) is 20.5. The summed E-state index contributed by atoms with van der Waals surface area (Å²) >= 11 is 0. The van der Waals surface area contributed by atoms with E-state index in [1.807, 2.05) is 19.1 Å². The lowest BCUT2D eigenvalue weighted by Gasteiger charge is -2.34. The van der Waals surface area contributed by atoms with Crippen molar-refractivity contribution in [1.29, 1.82) is 0 Å². The van der Waals surface area contributed by atoms with Gasteiger partial charge in [0, 0.05) is 30.3 Å². The van der Waals surface area contributed by atoms with Crippen molar-refractivity contribution in [2.24, 2.45) is 5.73 Å². The fraction of sp³-hybridized carbons (Fsp3) is 0.273. The fourth-order valence-electron chi connectivity index (χ4n) is 3.64. The molecular formula is C22H25N2O5S+. The molecule has 4 rings (SSSR count). The van der Waals surface area contributed by atoms with Crippen molar-refractivity contribution in [3.05, 3.63) is 66.4 Å². The average molecular weight is 430 g/mol. The quantitative estimate of drug-likeness (QED) is 0.676. The molecule has 1 atom stereocenters. The minimum absolute atomic E-state index is 0.0879. The second-order valence-corrected chi connectivity index (χ2v) is 9.41. The molecule has 0 saturated carbocycles. The first-order chi connectivity index (χ1) is 14.5. The van der Waals surface area contributed by atoms with Gasteiger partial charge in [0.15, 0.2) is 17.2 Å². The van der Waals surface area contributed by atoms with Gasteiger partial charge in [-0.05, 0) is 36.8 Å². The van der Waals surface area contributed by atoms with E-state index < -0.39 is 10.0 Å². The fourth-order valence-corrected chi connectivity index (χ4v) is 5.54. The molecule has 0 aliphatic carbocycles. The van der Waals surface area contributed by atoms with Gasteiger partial charge in [-0.1, -0.05) is 13.0 Å². The number of benzene rings is 2. The normalized spacial score (nSPS) is 20.1. The Hall–Kier alpha value is -2.81. The molecule has 7 nitrogen and oxygen atoms in total. The van der Waals surface area contributed by atoms with Crippen LogP contribution in [0.4, 0.5) is 5.69 Å². The summed E-state index contributed by atoms with van der Waals surface area (Å²) in [5.41, 5.74) is 7.25. The third kappa shape index (κ3) is 3.69. The summed E-state index contributed by atoms with van der Waals surface area (Å²) in [5.74, 6) is 2.62. The second kappa shape index (κ2) is 8.14. The van der Waals surface area contributed by atoms with Crippen LogP contribution in [-0.2, 0) is 10.0 Å². The van der Waals surface area contributed by atoms with Gasteiger partial charge in [-0.3, -0.25) is 0 Å². The summed E-state index contributed by atoms with van der Waals surface area (Å²) in [4.78, 5) is 0. The number of quaternary nitrogens is 1. The highest BCUT2D eigenvalue weighted by atomic mass is 32.2. The van der Waals surface area contributed by atoms with E-state index in [4.69, 9.17) is 19.9 Å². The van der Waals surface area contributed by atoms with Crippen LogP contribution in [0.15, 0.2) is 66.4 Å². The van der Waals surface area contributed by atoms with E-state index in [9.17, 15) is 8.42 Å². The Morgan fingerprint density at radius 2 is 1.80 bits per heavy atom. The molecule has 2 aliphatic rings. The Morgan fingerprint density at radius 1 is 1.07 bits per heavy atom. The number of rotatable bonds is 7. The molecule has 0 bridgehead atoms. The molecule has 2 heterocycles. The van der Waals surface area contributed by atoms with E-state index in [0.29, 0.717) is 41.7 Å². The van der Waals surface area contributed by atoms with Crippen LogP contribution < -0.4 is 23.8 Å². The number of fused-ring (bicyclic) bond motifs is 1. The van der Waals surface area contributed by atoms with Gasteiger partial charge in [-0.15, -0.1) is 0 Å². The van der Waals surface area contributed by atoms with Gasteiger partial charge < -0.3 is 19.9 Å². The molecule has 1 unspecified atom stereocenters. The van der Waals surface area contributed by atoms with Crippen molar-refractivity contribution in [2.45, 2.75) is 13.3 Å². The molecule has 0 fully saturated rings. The van der Waals surface area contributed by atoms with Gasteiger partial charge in [0.1, 0.15) is 30.0 Å². The number of hydrogen-bond acceptors (Lipinski definition) is 6. The average Bonchev–Trinajstić information content (AvgIpc) is 3.22. The van der Waals surface area contributed by atoms with Crippen molar-refractivity contribution >= 4 is 15.7 Å². The van der Waals surface area contributed by atoms with E-state index in [1.165, 1.54) is 0 Å². The minimum Gasteiger partial charge on any atom is -0.457 e. The smallest absolute Gasteiger partial charge is 0.306 e. The number of nitrogens with zero attached hydrogens (tertiary/aromatic N) is 1. The highest BCUT2D eigenvalue weighted by Gasteiger charge is 2.42. The van der Waals surface area contributed by atoms with E-state index in [0.717, 1.165) is 5.57 Å². The Morgan fingerprint density at radius 3 is 2.53 bits per heavy atom. The molecule has 2 N–H and O–H groups in total. The van der Waals surface area contributed by atoms with E-state index >= 15 is 0 Å². The highest BCUT2D eigenvalue weighted by Crippen LogP contribution is 2.38. The molecule has 30 heavy (non-hydrogen) atoms. The van der Waals surface area contributed by atoms with E-state index in [1.54, 1.807) is 48.7 Å². The van der Waals surface area contributed by atoms with Gasteiger partial charge >= 0.3 is 10.0 Å². The molecule has 2 aliphatic heterocycles. The Bertz CT molecular complexity index is 1090. The van der Waals surface area contributed by atoms with Crippen molar-refractivity contribution < 1.29 is 22.6 Å². The first-order valence-corrected chi connectivity index (χ1v) is 11.5. The summed E-state index contributed by atoms with van der Waals surface area (Å²) in [6.45, 7) is 2.67. The lowest BCUT2D eigenvalue weighted by molar-refractivity contribution is 0.174. The molecule has 0 spiro atoms. The van der Waals surface area contributed by atoms with Gasteiger partial charge in [-0.2, -0.15) is 12.3 Å². The topological polar surface area (TPSA) is 87.9 Å². The maximum Gasteiger partial charge on any atom is 0.306 e. The molecular weight excluding hydrogens is 404 g/mol. The number of ether oxygens (including phenoxy) is 3. The van der Waals surface area contributed by atoms with Crippen LogP contribution in [-0.4, -0.2) is 34.1 Å². The molecule has 0 amide bonds. The third-order valence-electron chi connectivity index (χ3n) is 5.13. The molecule has 2 aromatic carbocycles. The zero-order valence-electron chi connectivity index (χ0n) is 16.8. The second-order valence-electron chi connectivity index (χ2n) is 7.19. The molecule has 2 aromatic rings. The predicted octanol–water partition coefficient (Wildman–Crippen LogP) is 3.67. The van der Waals surface area contributed by atoms with Gasteiger partial charge in [0.2, 0.25) is 6.79 Å². The maximum atomic E-state index is 13.2. The van der Waals surface area contributed by atoms with Gasteiger partial charge in [-0.25, -0.2) is 0 Å². The minimum atomic E-state index is -3.49. The van der Waals surface area contributed by atoms with Crippen LogP contribution in [0.2, 0.25) is 0 Å². The zero-order chi connectivity index (χ0) is 21.2. The van der Waals surface area contributed by atoms with Gasteiger partial charge in [0.25, 0.3) is 0 Å². The Kier molecular flexibility index (Phi) is 5.55. The number of sulfonamides is 1. The predicted molar refractivity (Wildman–Crippen MR) is 116 cm³/mol. The largest absolute Gasteiger partial charge is 0.457 e. The summed E-state index contributed by atoms with van der Waals surface area (Å²) in [6.07, 6.45) is 6.04. The molecule has 8 heteroatoms. The van der Waals surface area contributed by atoms with E-state index in [-0.39, 0.29) is 23.0 Å². The van der Waals surface area contributed by atoms with Crippen LogP contribution in [0.3, 0.4) is 0 Å². The highest BCUT2D eigenvalue weighted by molar-refractivity contribution is 7.91. The Labute approximate surface area is 176 Å². The number of hydrogen-bond donors (Lipinski definition) is 1. The zero-order valence-corrected chi connectivity index (χ0v) is 17.6. The van der Waals surface area contributed by atoms with Crippen LogP contribution in [0, 0.1) is 0 Å². The molecule has 0 aromatic heterocycles.